The van der Waals surface area contributed by atoms with Gasteiger partial charge in [-0.25, -0.2) is 4.39 Å². The van der Waals surface area contributed by atoms with E-state index in [2.05, 4.69) is 32.3 Å². The first-order valence-corrected chi connectivity index (χ1v) is 10.8. The summed E-state index contributed by atoms with van der Waals surface area (Å²) in [4.78, 5) is 23.9. The molecule has 6 nitrogen and oxygen atoms in total. The molecule has 1 aliphatic rings. The molecule has 4 rings (SSSR count). The van der Waals surface area contributed by atoms with Crippen molar-refractivity contribution in [1.29, 1.82) is 0 Å². The second kappa shape index (κ2) is 10.3. The summed E-state index contributed by atoms with van der Waals surface area (Å²) in [5.41, 5.74) is 2.63. The normalized spacial score (nSPS) is 15.8. The van der Waals surface area contributed by atoms with Gasteiger partial charge in [0.2, 0.25) is 5.91 Å². The second-order valence-electron chi connectivity index (χ2n) is 8.02. The summed E-state index contributed by atoms with van der Waals surface area (Å²) in [7, 11) is 1.66. The number of nitrogens with zero attached hydrogens (tertiary/aromatic N) is 3. The van der Waals surface area contributed by atoms with Gasteiger partial charge >= 0.3 is 0 Å². The number of hydrogen-bond donors (Lipinski definition) is 1. The van der Waals surface area contributed by atoms with E-state index in [-0.39, 0.29) is 17.6 Å². The van der Waals surface area contributed by atoms with Gasteiger partial charge in [0.25, 0.3) is 0 Å². The number of halogens is 1. The van der Waals surface area contributed by atoms with Crippen LogP contribution in [0.25, 0.3) is 0 Å². The van der Waals surface area contributed by atoms with Crippen LogP contribution in [0.2, 0.25) is 0 Å². The number of carbonyl (C=O) groups is 1. The third-order valence-corrected chi connectivity index (χ3v) is 5.89. The Hall–Kier alpha value is -3.32. The predicted molar refractivity (Wildman–Crippen MR) is 119 cm³/mol. The van der Waals surface area contributed by atoms with E-state index in [1.165, 1.54) is 17.7 Å². The summed E-state index contributed by atoms with van der Waals surface area (Å²) in [5, 5.41) is 3.12. The largest absolute Gasteiger partial charge is 0.497 e. The molecule has 1 aliphatic heterocycles. The fraction of sp³-hybridized carbons (Fsp3) is 0.320. The number of hydrogen-bond acceptors (Lipinski definition) is 5. The Bertz CT molecular complexity index is 1000. The molecule has 32 heavy (non-hydrogen) atoms. The Morgan fingerprint density at radius 3 is 2.47 bits per heavy atom. The first-order chi connectivity index (χ1) is 15.6. The highest BCUT2D eigenvalue weighted by molar-refractivity contribution is 5.79. The Morgan fingerprint density at radius 1 is 1.12 bits per heavy atom. The monoisotopic (exact) mass is 434 g/mol. The average molecular weight is 435 g/mol. The topological polar surface area (TPSA) is 67.3 Å². The number of amides is 1. The van der Waals surface area contributed by atoms with E-state index in [0.717, 1.165) is 43.8 Å². The van der Waals surface area contributed by atoms with Crippen LogP contribution in [0.5, 0.6) is 5.75 Å². The quantitative estimate of drug-likeness (QED) is 0.614. The van der Waals surface area contributed by atoms with Crippen molar-refractivity contribution in [3.63, 3.8) is 0 Å². The molecule has 7 heteroatoms. The minimum atomic E-state index is -0.464. The van der Waals surface area contributed by atoms with Gasteiger partial charge < -0.3 is 10.1 Å². The molecule has 1 N–H and O–H groups in total. The van der Waals surface area contributed by atoms with Gasteiger partial charge in [-0.1, -0.05) is 24.3 Å². The molecule has 1 atom stereocenters. The van der Waals surface area contributed by atoms with Gasteiger partial charge in [0.15, 0.2) is 0 Å². The third-order valence-electron chi connectivity index (χ3n) is 5.89. The average Bonchev–Trinajstić information content (AvgIpc) is 2.84. The Kier molecular flexibility index (Phi) is 7.07. The van der Waals surface area contributed by atoms with Gasteiger partial charge in [-0.3, -0.25) is 19.7 Å². The van der Waals surface area contributed by atoms with E-state index >= 15 is 0 Å². The third kappa shape index (κ3) is 5.48. The number of aromatic nitrogens is 2. The van der Waals surface area contributed by atoms with Crippen molar-refractivity contribution in [2.24, 2.45) is 5.92 Å². The van der Waals surface area contributed by atoms with Gasteiger partial charge in [0, 0.05) is 24.9 Å². The summed E-state index contributed by atoms with van der Waals surface area (Å²) in [6.07, 6.45) is 6.39. The highest BCUT2D eigenvalue weighted by Crippen LogP contribution is 2.24. The number of likely N-dealkylation sites (tertiary alicyclic amines) is 1. The summed E-state index contributed by atoms with van der Waals surface area (Å²) in [6, 6.07) is 13.8. The molecule has 2 aromatic carbocycles. The molecule has 1 fully saturated rings. The molecule has 0 aliphatic carbocycles. The van der Waals surface area contributed by atoms with E-state index in [4.69, 9.17) is 4.74 Å². The molecule has 3 aromatic rings. The van der Waals surface area contributed by atoms with Crippen LogP contribution in [0.4, 0.5) is 4.39 Å². The van der Waals surface area contributed by atoms with E-state index in [1.54, 1.807) is 37.8 Å². The van der Waals surface area contributed by atoms with Crippen molar-refractivity contribution < 1.29 is 13.9 Å². The number of benzene rings is 2. The Labute approximate surface area is 187 Å². The van der Waals surface area contributed by atoms with Crippen LogP contribution in [0.1, 0.15) is 35.7 Å². The number of carbonyl (C=O) groups excluding carboxylic acids is 1. The molecule has 1 unspecified atom stereocenters. The van der Waals surface area contributed by atoms with Crippen LogP contribution in [-0.2, 0) is 11.3 Å². The SMILES string of the molecule is COc1ccc(CN2CCC(C(=O)NC(c3ccc(F)cc3)c3cnccn3)CC2)cc1. The molecule has 0 saturated carbocycles. The zero-order valence-electron chi connectivity index (χ0n) is 18.1. The standard InChI is InChI=1S/C25H27FN4O2/c1-32-22-8-2-18(3-9-22)17-30-14-10-20(11-15-30)25(31)29-24(23-16-27-12-13-28-23)19-4-6-21(26)7-5-19/h2-9,12-13,16,20,24H,10-11,14-15,17H2,1H3,(H,29,31). The van der Waals surface area contributed by atoms with Crippen LogP contribution in [-0.4, -0.2) is 41.0 Å². The Morgan fingerprint density at radius 2 is 1.84 bits per heavy atom. The fourth-order valence-electron chi connectivity index (χ4n) is 4.05. The molecule has 1 saturated heterocycles. The van der Waals surface area contributed by atoms with Crippen molar-refractivity contribution in [3.8, 4) is 5.75 Å². The maximum absolute atomic E-state index is 13.4. The smallest absolute Gasteiger partial charge is 0.224 e. The lowest BCUT2D eigenvalue weighted by Crippen LogP contribution is -2.41. The molecule has 0 bridgehead atoms. The lowest BCUT2D eigenvalue weighted by atomic mass is 9.94. The van der Waals surface area contributed by atoms with Crippen molar-refractivity contribution in [3.05, 3.63) is 89.8 Å². The molecule has 166 valence electrons. The minimum Gasteiger partial charge on any atom is -0.497 e. The number of ether oxygens (including phenoxy) is 1. The summed E-state index contributed by atoms with van der Waals surface area (Å²) in [6.45, 7) is 2.57. The van der Waals surface area contributed by atoms with Gasteiger partial charge in [-0.05, 0) is 61.3 Å². The highest BCUT2D eigenvalue weighted by atomic mass is 19.1. The molecule has 2 heterocycles. The summed E-state index contributed by atoms with van der Waals surface area (Å²) in [5.74, 6) is 0.459. The molecule has 0 radical (unpaired) electrons. The number of piperidine rings is 1. The first kappa shape index (κ1) is 21.9. The lowest BCUT2D eigenvalue weighted by molar-refractivity contribution is -0.127. The van der Waals surface area contributed by atoms with E-state index in [0.29, 0.717) is 5.69 Å². The van der Waals surface area contributed by atoms with E-state index < -0.39 is 6.04 Å². The maximum Gasteiger partial charge on any atom is 0.224 e. The van der Waals surface area contributed by atoms with Crippen LogP contribution in [0.3, 0.4) is 0 Å². The van der Waals surface area contributed by atoms with Crippen LogP contribution < -0.4 is 10.1 Å². The maximum atomic E-state index is 13.4. The molecular weight excluding hydrogens is 407 g/mol. The lowest BCUT2D eigenvalue weighted by Gasteiger charge is -2.32. The van der Waals surface area contributed by atoms with Crippen molar-refractivity contribution in [2.75, 3.05) is 20.2 Å². The molecular formula is C25H27FN4O2. The van der Waals surface area contributed by atoms with Crippen LogP contribution in [0.15, 0.2) is 67.1 Å². The minimum absolute atomic E-state index is 0.00549. The van der Waals surface area contributed by atoms with Gasteiger partial charge in [0.05, 0.1) is 25.0 Å². The zero-order chi connectivity index (χ0) is 22.3. The van der Waals surface area contributed by atoms with Crippen molar-refractivity contribution >= 4 is 5.91 Å². The first-order valence-electron chi connectivity index (χ1n) is 10.8. The van der Waals surface area contributed by atoms with Gasteiger partial charge in [-0.15, -0.1) is 0 Å². The van der Waals surface area contributed by atoms with E-state index in [1.807, 2.05) is 12.1 Å². The van der Waals surface area contributed by atoms with Crippen LogP contribution in [0, 0.1) is 11.7 Å². The summed E-state index contributed by atoms with van der Waals surface area (Å²) < 4.78 is 18.6. The highest BCUT2D eigenvalue weighted by Gasteiger charge is 2.28. The molecule has 0 spiro atoms. The number of methoxy groups -OCH3 is 1. The zero-order valence-corrected chi connectivity index (χ0v) is 18.1. The second-order valence-corrected chi connectivity index (χ2v) is 8.02. The molecule has 1 amide bonds. The van der Waals surface area contributed by atoms with Gasteiger partial charge in [-0.2, -0.15) is 0 Å². The van der Waals surface area contributed by atoms with Gasteiger partial charge in [0.1, 0.15) is 11.6 Å². The van der Waals surface area contributed by atoms with Crippen LogP contribution >= 0.6 is 0 Å². The number of rotatable bonds is 7. The molecule has 1 aromatic heterocycles. The number of nitrogens with one attached hydrogen (secondary N) is 1. The van der Waals surface area contributed by atoms with E-state index in [9.17, 15) is 9.18 Å². The predicted octanol–water partition coefficient (Wildman–Crippen LogP) is 3.74. The fourth-order valence-corrected chi connectivity index (χ4v) is 4.05. The van der Waals surface area contributed by atoms with Crippen molar-refractivity contribution in [1.82, 2.24) is 20.2 Å². The Balaban J connectivity index is 1.37. The summed E-state index contributed by atoms with van der Waals surface area (Å²) >= 11 is 0. The van der Waals surface area contributed by atoms with Crippen molar-refractivity contribution in [2.45, 2.75) is 25.4 Å².